The van der Waals surface area contributed by atoms with Gasteiger partial charge in [-0.3, -0.25) is 24.4 Å². The molecule has 1 aliphatic carbocycles. The van der Waals surface area contributed by atoms with Crippen molar-refractivity contribution in [2.75, 3.05) is 0 Å². The first-order valence-corrected chi connectivity index (χ1v) is 6.98. The van der Waals surface area contributed by atoms with Crippen molar-refractivity contribution in [1.29, 1.82) is 0 Å². The molecular weight excluding hydrogens is 292 g/mol. The van der Waals surface area contributed by atoms with E-state index in [1.54, 1.807) is 6.92 Å². The Morgan fingerprint density at radius 3 is 2.82 bits per heavy atom. The van der Waals surface area contributed by atoms with E-state index in [-0.39, 0.29) is 5.69 Å². The number of carbonyl (C=O) groups is 2. The molecule has 0 aromatic carbocycles. The molecule has 1 heterocycles. The second-order valence-electron chi connectivity index (χ2n) is 5.80. The predicted molar refractivity (Wildman–Crippen MR) is 75.3 cm³/mol. The molecule has 9 heteroatoms. The monoisotopic (exact) mass is 310 g/mol. The molecule has 120 valence electrons. The first-order chi connectivity index (χ1) is 10.2. The Morgan fingerprint density at radius 1 is 1.55 bits per heavy atom. The Hall–Kier alpha value is -2.45. The highest BCUT2D eigenvalue weighted by molar-refractivity contribution is 5.96. The normalized spacial score (nSPS) is 24.7. The van der Waals surface area contributed by atoms with Crippen LogP contribution in [0.15, 0.2) is 6.20 Å². The molecule has 0 saturated heterocycles. The standard InChI is InChI=1S/C13H18N4O5/c1-13(6-4-3-5-8(13)12(19)20)14-11(18)10-9(17(21)22)7-16(2)15-10/h7-8H,3-6H2,1-2H3,(H,14,18)(H,19,20). The van der Waals surface area contributed by atoms with Crippen LogP contribution in [0.2, 0.25) is 0 Å². The maximum Gasteiger partial charge on any atom is 0.320 e. The van der Waals surface area contributed by atoms with Gasteiger partial charge in [-0.05, 0) is 19.8 Å². The lowest BCUT2D eigenvalue weighted by molar-refractivity contribution is -0.385. The van der Waals surface area contributed by atoms with Crippen molar-refractivity contribution in [1.82, 2.24) is 15.1 Å². The molecule has 9 nitrogen and oxygen atoms in total. The lowest BCUT2D eigenvalue weighted by Gasteiger charge is -2.39. The molecule has 1 fully saturated rings. The van der Waals surface area contributed by atoms with E-state index in [1.165, 1.54) is 11.7 Å². The molecule has 0 radical (unpaired) electrons. The summed E-state index contributed by atoms with van der Waals surface area (Å²) < 4.78 is 1.19. The van der Waals surface area contributed by atoms with Crippen LogP contribution in [-0.2, 0) is 11.8 Å². The van der Waals surface area contributed by atoms with Crippen LogP contribution in [-0.4, -0.2) is 37.2 Å². The topological polar surface area (TPSA) is 127 Å². The number of carbonyl (C=O) groups excluding carboxylic acids is 1. The van der Waals surface area contributed by atoms with Crippen molar-refractivity contribution in [2.24, 2.45) is 13.0 Å². The highest BCUT2D eigenvalue weighted by atomic mass is 16.6. The van der Waals surface area contributed by atoms with Crippen LogP contribution in [0.25, 0.3) is 0 Å². The maximum absolute atomic E-state index is 12.3. The van der Waals surface area contributed by atoms with Crippen molar-refractivity contribution < 1.29 is 19.6 Å². The summed E-state index contributed by atoms with van der Waals surface area (Å²) in [6.45, 7) is 1.66. The molecular formula is C13H18N4O5. The van der Waals surface area contributed by atoms with Gasteiger partial charge in [0.2, 0.25) is 5.69 Å². The van der Waals surface area contributed by atoms with Gasteiger partial charge in [-0.2, -0.15) is 5.10 Å². The van der Waals surface area contributed by atoms with E-state index < -0.39 is 33.9 Å². The van der Waals surface area contributed by atoms with Gasteiger partial charge in [0.05, 0.1) is 16.4 Å². The van der Waals surface area contributed by atoms with Crippen LogP contribution in [0.4, 0.5) is 5.69 Å². The van der Waals surface area contributed by atoms with Crippen LogP contribution in [0.3, 0.4) is 0 Å². The summed E-state index contributed by atoms with van der Waals surface area (Å²) in [7, 11) is 1.48. The fourth-order valence-corrected chi connectivity index (χ4v) is 2.97. The molecule has 22 heavy (non-hydrogen) atoms. The molecule has 2 N–H and O–H groups in total. The van der Waals surface area contributed by atoms with Gasteiger partial charge in [-0.15, -0.1) is 0 Å². The van der Waals surface area contributed by atoms with Gasteiger partial charge in [0.15, 0.2) is 0 Å². The quantitative estimate of drug-likeness (QED) is 0.633. The first-order valence-electron chi connectivity index (χ1n) is 6.98. The molecule has 1 aliphatic rings. The number of rotatable bonds is 4. The van der Waals surface area contributed by atoms with Gasteiger partial charge in [0.25, 0.3) is 5.91 Å². The summed E-state index contributed by atoms with van der Waals surface area (Å²) in [5.74, 6) is -2.41. The summed E-state index contributed by atoms with van der Waals surface area (Å²) in [6.07, 6.45) is 3.70. The lowest BCUT2D eigenvalue weighted by Crippen LogP contribution is -2.55. The molecule has 1 amide bonds. The number of aliphatic carboxylic acids is 1. The third-order valence-electron chi connectivity index (χ3n) is 4.13. The molecule has 0 aliphatic heterocycles. The zero-order valence-corrected chi connectivity index (χ0v) is 12.4. The Balaban J connectivity index is 2.27. The number of carboxylic acids is 1. The number of nitrogens with one attached hydrogen (secondary N) is 1. The third-order valence-corrected chi connectivity index (χ3v) is 4.13. The van der Waals surface area contributed by atoms with Crippen LogP contribution in [0.5, 0.6) is 0 Å². The van der Waals surface area contributed by atoms with Gasteiger partial charge in [0, 0.05) is 7.05 Å². The summed E-state index contributed by atoms with van der Waals surface area (Å²) in [5.41, 5.74) is -1.64. The average Bonchev–Trinajstić information content (AvgIpc) is 2.81. The van der Waals surface area contributed by atoms with Crippen molar-refractivity contribution in [2.45, 2.75) is 38.1 Å². The number of nitro groups is 1. The number of amides is 1. The Kier molecular flexibility index (Phi) is 4.16. The number of hydrogen-bond donors (Lipinski definition) is 2. The van der Waals surface area contributed by atoms with Crippen LogP contribution < -0.4 is 5.32 Å². The van der Waals surface area contributed by atoms with E-state index in [0.717, 1.165) is 19.0 Å². The first kappa shape index (κ1) is 15.9. The van der Waals surface area contributed by atoms with Gasteiger partial charge < -0.3 is 10.4 Å². The summed E-state index contributed by atoms with van der Waals surface area (Å²) in [6, 6.07) is 0. The molecule has 0 bridgehead atoms. The van der Waals surface area contributed by atoms with E-state index in [4.69, 9.17) is 0 Å². The summed E-state index contributed by atoms with van der Waals surface area (Å²) in [5, 5.41) is 26.8. The minimum absolute atomic E-state index is 0.302. The van der Waals surface area contributed by atoms with Gasteiger partial charge in [-0.25, -0.2) is 0 Å². The number of carboxylic acid groups (broad SMARTS) is 1. The number of aromatic nitrogens is 2. The Labute approximate surface area is 126 Å². The summed E-state index contributed by atoms with van der Waals surface area (Å²) >= 11 is 0. The second kappa shape index (κ2) is 5.74. The van der Waals surface area contributed by atoms with Gasteiger partial charge in [-0.1, -0.05) is 12.8 Å². The molecule has 1 aromatic rings. The highest BCUT2D eigenvalue weighted by Crippen LogP contribution is 2.34. The molecule has 0 spiro atoms. The molecule has 1 aromatic heterocycles. The zero-order valence-electron chi connectivity index (χ0n) is 12.4. The summed E-state index contributed by atoms with van der Waals surface area (Å²) in [4.78, 5) is 34.0. The van der Waals surface area contributed by atoms with E-state index >= 15 is 0 Å². The molecule has 2 unspecified atom stereocenters. The minimum Gasteiger partial charge on any atom is -0.481 e. The van der Waals surface area contributed by atoms with Crippen molar-refractivity contribution in [3.05, 3.63) is 22.0 Å². The number of hydrogen-bond acceptors (Lipinski definition) is 5. The number of aryl methyl sites for hydroxylation is 1. The molecule has 2 rings (SSSR count). The van der Waals surface area contributed by atoms with Gasteiger partial charge >= 0.3 is 11.7 Å². The third kappa shape index (κ3) is 2.92. The van der Waals surface area contributed by atoms with E-state index in [2.05, 4.69) is 10.4 Å². The minimum atomic E-state index is -0.974. The van der Waals surface area contributed by atoms with E-state index in [9.17, 15) is 24.8 Å². The van der Waals surface area contributed by atoms with Crippen LogP contribution in [0.1, 0.15) is 43.1 Å². The lowest BCUT2D eigenvalue weighted by atomic mass is 9.74. The van der Waals surface area contributed by atoms with Crippen molar-refractivity contribution in [3.63, 3.8) is 0 Å². The second-order valence-corrected chi connectivity index (χ2v) is 5.80. The Morgan fingerprint density at radius 2 is 2.23 bits per heavy atom. The van der Waals surface area contributed by atoms with E-state index in [0.29, 0.717) is 12.8 Å². The fraction of sp³-hybridized carbons (Fsp3) is 0.615. The highest BCUT2D eigenvalue weighted by Gasteiger charge is 2.43. The predicted octanol–water partition coefficient (Wildman–Crippen LogP) is 1.09. The zero-order chi connectivity index (χ0) is 16.5. The SMILES string of the molecule is Cn1cc([N+](=O)[O-])c(C(=O)NC2(C)CCCCC2C(=O)O)n1. The van der Waals surface area contributed by atoms with E-state index in [1.807, 2.05) is 0 Å². The fourth-order valence-electron chi connectivity index (χ4n) is 2.97. The Bertz CT molecular complexity index is 626. The molecule has 2 atom stereocenters. The largest absolute Gasteiger partial charge is 0.481 e. The van der Waals surface area contributed by atoms with Crippen molar-refractivity contribution >= 4 is 17.6 Å². The maximum atomic E-state index is 12.3. The van der Waals surface area contributed by atoms with Gasteiger partial charge in [0.1, 0.15) is 6.20 Å². The number of nitrogens with zero attached hydrogens (tertiary/aromatic N) is 3. The smallest absolute Gasteiger partial charge is 0.320 e. The van der Waals surface area contributed by atoms with Crippen LogP contribution in [0, 0.1) is 16.0 Å². The van der Waals surface area contributed by atoms with Crippen LogP contribution >= 0.6 is 0 Å². The van der Waals surface area contributed by atoms with Crippen molar-refractivity contribution in [3.8, 4) is 0 Å². The average molecular weight is 310 g/mol. The molecule has 1 saturated carbocycles.